The van der Waals surface area contributed by atoms with E-state index in [1.165, 1.54) is 0 Å². The Morgan fingerprint density at radius 2 is 1.71 bits per heavy atom. The molecular weight excluding hydrogens is 231 g/mol. The molecule has 0 atom stereocenters. The molecule has 0 spiro atoms. The highest BCUT2D eigenvalue weighted by atomic mass is 19.1. The Bertz CT molecular complexity index is 526. The van der Waals surface area contributed by atoms with Crippen LogP contribution in [0.15, 0.2) is 12.1 Å². The summed E-state index contributed by atoms with van der Waals surface area (Å²) in [6.07, 6.45) is 0. The van der Waals surface area contributed by atoms with Gasteiger partial charge in [0.2, 0.25) is 0 Å². The maximum absolute atomic E-state index is 13.4. The van der Waals surface area contributed by atoms with Crippen LogP contribution in [0, 0.1) is 17.5 Å². The predicted molar refractivity (Wildman–Crippen MR) is 55.8 cm³/mol. The van der Waals surface area contributed by atoms with Crippen LogP contribution >= 0.6 is 0 Å². The summed E-state index contributed by atoms with van der Waals surface area (Å²) in [6.45, 7) is 3.73. The molecule has 0 saturated heterocycles. The van der Waals surface area contributed by atoms with E-state index in [0.717, 1.165) is 0 Å². The molecule has 0 fully saturated rings. The monoisotopic (exact) mass is 241 g/mol. The Morgan fingerprint density at radius 1 is 1.12 bits per heavy atom. The molecule has 2 aromatic rings. The third-order valence-corrected chi connectivity index (χ3v) is 2.28. The third-order valence-electron chi connectivity index (χ3n) is 2.28. The zero-order valence-corrected chi connectivity index (χ0v) is 9.26. The van der Waals surface area contributed by atoms with Gasteiger partial charge in [0.1, 0.15) is 23.3 Å². The van der Waals surface area contributed by atoms with Crippen molar-refractivity contribution in [1.29, 1.82) is 0 Å². The standard InChI is InChI=1S/C11H10F3N3/c1-5(2)10-15-11(17-16-10)9-7(13)3-6(12)4-8(9)14/h3-5H,1-2H3,(H,15,16,17). The van der Waals surface area contributed by atoms with Gasteiger partial charge < -0.3 is 0 Å². The molecule has 1 aromatic carbocycles. The molecule has 90 valence electrons. The smallest absolute Gasteiger partial charge is 0.187 e. The Balaban J connectivity index is 2.52. The van der Waals surface area contributed by atoms with Crippen molar-refractivity contribution in [2.24, 2.45) is 0 Å². The molecule has 0 aliphatic heterocycles. The molecule has 0 bridgehead atoms. The summed E-state index contributed by atoms with van der Waals surface area (Å²) < 4.78 is 39.6. The molecule has 1 N–H and O–H groups in total. The summed E-state index contributed by atoms with van der Waals surface area (Å²) in [6, 6.07) is 1.20. The van der Waals surface area contributed by atoms with E-state index in [1.54, 1.807) is 0 Å². The minimum absolute atomic E-state index is 0.0582. The first kappa shape index (κ1) is 11.6. The zero-order valence-electron chi connectivity index (χ0n) is 9.26. The highest BCUT2D eigenvalue weighted by Crippen LogP contribution is 2.24. The Labute approximate surface area is 95.7 Å². The van der Waals surface area contributed by atoms with Crippen molar-refractivity contribution in [1.82, 2.24) is 15.2 Å². The van der Waals surface area contributed by atoms with Crippen LogP contribution in [0.2, 0.25) is 0 Å². The van der Waals surface area contributed by atoms with Crippen LogP contribution in [-0.2, 0) is 0 Å². The summed E-state index contributed by atoms with van der Waals surface area (Å²) in [5.74, 6) is -2.54. The number of hydrogen-bond donors (Lipinski definition) is 1. The number of benzene rings is 1. The van der Waals surface area contributed by atoms with Crippen molar-refractivity contribution < 1.29 is 13.2 Å². The van der Waals surface area contributed by atoms with Crippen molar-refractivity contribution in [3.63, 3.8) is 0 Å². The molecule has 3 nitrogen and oxygen atoms in total. The minimum Gasteiger partial charge on any atom is -0.262 e. The molecule has 0 aliphatic rings. The average Bonchev–Trinajstić information content (AvgIpc) is 2.65. The fourth-order valence-corrected chi connectivity index (χ4v) is 1.40. The fraction of sp³-hybridized carbons (Fsp3) is 0.273. The van der Waals surface area contributed by atoms with Gasteiger partial charge in [0.15, 0.2) is 5.82 Å². The lowest BCUT2D eigenvalue weighted by atomic mass is 10.1. The van der Waals surface area contributed by atoms with Crippen LogP contribution < -0.4 is 0 Å². The first-order chi connectivity index (χ1) is 7.99. The van der Waals surface area contributed by atoms with E-state index in [2.05, 4.69) is 15.2 Å². The number of nitrogens with zero attached hydrogens (tertiary/aromatic N) is 2. The Kier molecular flexibility index (Phi) is 2.87. The number of hydrogen-bond acceptors (Lipinski definition) is 2. The molecule has 0 amide bonds. The van der Waals surface area contributed by atoms with Crippen LogP contribution in [0.5, 0.6) is 0 Å². The minimum atomic E-state index is -1.02. The van der Waals surface area contributed by atoms with E-state index in [4.69, 9.17) is 0 Å². The number of nitrogens with one attached hydrogen (secondary N) is 1. The predicted octanol–water partition coefficient (Wildman–Crippen LogP) is 3.01. The second kappa shape index (κ2) is 4.20. The van der Waals surface area contributed by atoms with Crippen molar-refractivity contribution >= 4 is 0 Å². The maximum Gasteiger partial charge on any atom is 0.187 e. The summed E-state index contributed by atoms with van der Waals surface area (Å²) in [5, 5.41) is 6.31. The largest absolute Gasteiger partial charge is 0.262 e. The van der Waals surface area contributed by atoms with Gasteiger partial charge in [0.25, 0.3) is 0 Å². The topological polar surface area (TPSA) is 41.6 Å². The lowest BCUT2D eigenvalue weighted by molar-refractivity contribution is 0.546. The van der Waals surface area contributed by atoms with E-state index in [0.29, 0.717) is 18.0 Å². The SMILES string of the molecule is CC(C)c1nc(-c2c(F)cc(F)cc2F)n[nH]1. The average molecular weight is 241 g/mol. The van der Waals surface area contributed by atoms with Gasteiger partial charge in [-0.3, -0.25) is 5.10 Å². The lowest BCUT2D eigenvalue weighted by Crippen LogP contribution is -1.94. The van der Waals surface area contributed by atoms with Gasteiger partial charge in [0, 0.05) is 18.1 Å². The second-order valence-corrected chi connectivity index (χ2v) is 3.94. The quantitative estimate of drug-likeness (QED) is 0.878. The van der Waals surface area contributed by atoms with Gasteiger partial charge >= 0.3 is 0 Å². The summed E-state index contributed by atoms with van der Waals surface area (Å²) in [4.78, 5) is 3.96. The summed E-state index contributed by atoms with van der Waals surface area (Å²) >= 11 is 0. The molecule has 0 radical (unpaired) electrons. The molecule has 17 heavy (non-hydrogen) atoms. The van der Waals surface area contributed by atoms with Crippen LogP contribution in [0.25, 0.3) is 11.4 Å². The van der Waals surface area contributed by atoms with E-state index >= 15 is 0 Å². The molecule has 1 heterocycles. The number of halogens is 3. The van der Waals surface area contributed by atoms with E-state index in [1.807, 2.05) is 13.8 Å². The van der Waals surface area contributed by atoms with Crippen LogP contribution in [0.1, 0.15) is 25.6 Å². The van der Waals surface area contributed by atoms with Gasteiger partial charge in [-0.15, -0.1) is 0 Å². The Hall–Kier alpha value is -1.85. The van der Waals surface area contributed by atoms with E-state index in [9.17, 15) is 13.2 Å². The lowest BCUT2D eigenvalue weighted by Gasteiger charge is -2.00. The van der Waals surface area contributed by atoms with Crippen LogP contribution in [0.3, 0.4) is 0 Å². The fourth-order valence-electron chi connectivity index (χ4n) is 1.40. The van der Waals surface area contributed by atoms with Gasteiger partial charge in [-0.25, -0.2) is 18.2 Å². The highest BCUT2D eigenvalue weighted by Gasteiger charge is 2.18. The summed E-state index contributed by atoms with van der Waals surface area (Å²) in [7, 11) is 0. The zero-order chi connectivity index (χ0) is 12.6. The molecule has 1 aromatic heterocycles. The van der Waals surface area contributed by atoms with Crippen LogP contribution in [-0.4, -0.2) is 15.2 Å². The van der Waals surface area contributed by atoms with Gasteiger partial charge in [-0.05, 0) is 0 Å². The van der Waals surface area contributed by atoms with Crippen molar-refractivity contribution in [2.75, 3.05) is 0 Å². The molecule has 0 saturated carbocycles. The van der Waals surface area contributed by atoms with Crippen molar-refractivity contribution in [3.8, 4) is 11.4 Å². The third kappa shape index (κ3) is 2.15. The van der Waals surface area contributed by atoms with Gasteiger partial charge in [-0.2, -0.15) is 5.10 Å². The number of H-pyrrole nitrogens is 1. The molecule has 6 heteroatoms. The first-order valence-corrected chi connectivity index (χ1v) is 5.06. The maximum atomic E-state index is 13.4. The van der Waals surface area contributed by atoms with E-state index in [-0.39, 0.29) is 11.7 Å². The van der Waals surface area contributed by atoms with Crippen molar-refractivity contribution in [3.05, 3.63) is 35.4 Å². The summed E-state index contributed by atoms with van der Waals surface area (Å²) in [5.41, 5.74) is -0.422. The number of aromatic amines is 1. The van der Waals surface area contributed by atoms with Gasteiger partial charge in [-0.1, -0.05) is 13.8 Å². The highest BCUT2D eigenvalue weighted by molar-refractivity contribution is 5.56. The number of aromatic nitrogens is 3. The molecule has 2 rings (SSSR count). The second-order valence-electron chi connectivity index (χ2n) is 3.94. The Morgan fingerprint density at radius 3 is 2.18 bits per heavy atom. The number of rotatable bonds is 2. The van der Waals surface area contributed by atoms with Gasteiger partial charge in [0.05, 0.1) is 5.56 Å². The molecule has 0 aliphatic carbocycles. The van der Waals surface area contributed by atoms with E-state index < -0.39 is 23.0 Å². The molecular formula is C11H10F3N3. The van der Waals surface area contributed by atoms with Crippen molar-refractivity contribution in [2.45, 2.75) is 19.8 Å². The molecule has 0 unspecified atom stereocenters. The first-order valence-electron chi connectivity index (χ1n) is 5.06. The normalized spacial score (nSPS) is 11.2. The van der Waals surface area contributed by atoms with Crippen LogP contribution in [0.4, 0.5) is 13.2 Å².